The van der Waals surface area contributed by atoms with Crippen molar-refractivity contribution in [3.8, 4) is 11.3 Å². The maximum Gasteiger partial charge on any atom is 0.497 e. The quantitative estimate of drug-likeness (QED) is 0.167. The zero-order valence-corrected chi connectivity index (χ0v) is 26.6. The van der Waals surface area contributed by atoms with Crippen LogP contribution < -0.4 is 15.1 Å². The van der Waals surface area contributed by atoms with E-state index in [9.17, 15) is 13.6 Å². The molecule has 1 saturated carbocycles. The van der Waals surface area contributed by atoms with Crippen molar-refractivity contribution in [2.24, 2.45) is 0 Å². The van der Waals surface area contributed by atoms with Crippen molar-refractivity contribution in [2.75, 3.05) is 11.4 Å². The molecule has 44 heavy (non-hydrogen) atoms. The van der Waals surface area contributed by atoms with Crippen LogP contribution in [-0.4, -0.2) is 40.0 Å². The smallest absolute Gasteiger partial charge is 0.455 e. The van der Waals surface area contributed by atoms with Crippen LogP contribution in [0.5, 0.6) is 0 Å². The molecular formula is C32H33BClFN2O6S. The second-order valence-corrected chi connectivity index (χ2v) is 13.6. The molecule has 0 bridgehead atoms. The highest BCUT2D eigenvalue weighted by Gasteiger charge is 2.52. The lowest BCUT2D eigenvalue weighted by Crippen LogP contribution is -2.41. The van der Waals surface area contributed by atoms with Gasteiger partial charge in [-0.3, -0.25) is 13.7 Å². The van der Waals surface area contributed by atoms with Gasteiger partial charge in [-0.15, -0.1) is 0 Å². The molecule has 2 N–H and O–H groups in total. The zero-order valence-electron chi connectivity index (χ0n) is 25.1. The van der Waals surface area contributed by atoms with E-state index < -0.39 is 35.4 Å². The maximum absolute atomic E-state index is 15.5. The molecule has 12 heteroatoms. The van der Waals surface area contributed by atoms with E-state index >= 15 is 4.39 Å². The van der Waals surface area contributed by atoms with E-state index in [-0.39, 0.29) is 23.8 Å². The summed E-state index contributed by atoms with van der Waals surface area (Å²) in [6, 6.07) is 15.2. The predicted octanol–water partition coefficient (Wildman–Crippen LogP) is 6.57. The lowest BCUT2D eigenvalue weighted by molar-refractivity contribution is 0.00578. The molecule has 1 saturated heterocycles. The van der Waals surface area contributed by atoms with Gasteiger partial charge in [0.1, 0.15) is 17.2 Å². The SMILES string of the molecule is CNC(=O)c1c(-c2ccc(Cl)cc2)oc2cc(N(Cc3ccc(B4OC(C)(C)C(C)(C)O4)c(F)c3)S(=O)O)c(C3CC3)cc12. The molecule has 1 aromatic heterocycles. The molecule has 2 fully saturated rings. The molecule has 4 aromatic rings. The molecule has 0 spiro atoms. The van der Waals surface area contributed by atoms with Crippen LogP contribution in [0.1, 0.15) is 67.9 Å². The first-order valence-electron chi connectivity index (χ1n) is 14.4. The van der Waals surface area contributed by atoms with E-state index in [0.717, 1.165) is 18.4 Å². The summed E-state index contributed by atoms with van der Waals surface area (Å²) in [5, 5.41) is 3.84. The van der Waals surface area contributed by atoms with Gasteiger partial charge in [-0.25, -0.2) is 8.60 Å². The molecule has 1 aliphatic carbocycles. The van der Waals surface area contributed by atoms with Gasteiger partial charge < -0.3 is 19.0 Å². The van der Waals surface area contributed by atoms with Gasteiger partial charge in [-0.1, -0.05) is 23.7 Å². The monoisotopic (exact) mass is 638 g/mol. The number of nitrogens with one attached hydrogen (secondary N) is 1. The lowest BCUT2D eigenvalue weighted by atomic mass is 9.78. The highest BCUT2D eigenvalue weighted by atomic mass is 35.5. The van der Waals surface area contributed by atoms with Gasteiger partial charge in [-0.2, -0.15) is 0 Å². The van der Waals surface area contributed by atoms with Crippen molar-refractivity contribution >= 4 is 58.0 Å². The first kappa shape index (κ1) is 30.8. The summed E-state index contributed by atoms with van der Waals surface area (Å²) in [7, 11) is 0.681. The number of benzene rings is 3. The minimum atomic E-state index is -2.45. The van der Waals surface area contributed by atoms with E-state index in [1.807, 2.05) is 33.8 Å². The van der Waals surface area contributed by atoms with Crippen LogP contribution in [0.4, 0.5) is 10.1 Å². The molecule has 230 valence electrons. The molecule has 1 atom stereocenters. The Morgan fingerprint density at radius 3 is 2.32 bits per heavy atom. The van der Waals surface area contributed by atoms with E-state index in [1.165, 1.54) is 10.4 Å². The molecule has 2 aliphatic rings. The van der Waals surface area contributed by atoms with Crippen LogP contribution in [0, 0.1) is 5.82 Å². The maximum atomic E-state index is 15.5. The number of rotatable bonds is 8. The van der Waals surface area contributed by atoms with Gasteiger partial charge in [-0.05, 0) is 94.0 Å². The Labute approximate surface area is 263 Å². The molecule has 6 rings (SSSR count). The molecule has 8 nitrogen and oxygen atoms in total. The van der Waals surface area contributed by atoms with Crippen LogP contribution in [0.2, 0.25) is 5.02 Å². The number of furan rings is 1. The van der Waals surface area contributed by atoms with Crippen molar-refractivity contribution < 1.29 is 31.7 Å². The molecule has 1 unspecified atom stereocenters. The van der Waals surface area contributed by atoms with Crippen molar-refractivity contribution in [1.82, 2.24) is 5.32 Å². The zero-order chi connectivity index (χ0) is 31.6. The Kier molecular flexibility index (Phi) is 7.91. The fourth-order valence-electron chi connectivity index (χ4n) is 5.46. The average Bonchev–Trinajstić information content (AvgIpc) is 3.70. The molecule has 2 heterocycles. The molecular weight excluding hydrogens is 606 g/mol. The summed E-state index contributed by atoms with van der Waals surface area (Å²) in [5.41, 5.74) is 2.22. The van der Waals surface area contributed by atoms with E-state index in [1.54, 1.807) is 49.5 Å². The number of hydrogen-bond donors (Lipinski definition) is 2. The summed E-state index contributed by atoms with van der Waals surface area (Å²) in [5.74, 6) is -0.332. The van der Waals surface area contributed by atoms with Crippen LogP contribution in [-0.2, 0) is 27.1 Å². The van der Waals surface area contributed by atoms with Gasteiger partial charge in [0.15, 0.2) is 0 Å². The number of halogens is 2. The number of amides is 1. The van der Waals surface area contributed by atoms with Gasteiger partial charge in [0, 0.05) is 34.5 Å². The number of nitrogens with zero attached hydrogens (tertiary/aromatic N) is 1. The van der Waals surface area contributed by atoms with Crippen molar-refractivity contribution in [3.05, 3.63) is 82.1 Å². The van der Waals surface area contributed by atoms with Crippen molar-refractivity contribution in [1.29, 1.82) is 0 Å². The molecule has 3 aromatic carbocycles. The van der Waals surface area contributed by atoms with Gasteiger partial charge >= 0.3 is 7.12 Å². The normalized spacial score (nSPS) is 18.0. The summed E-state index contributed by atoms with van der Waals surface area (Å²) in [6.07, 6.45) is 1.80. The first-order chi connectivity index (χ1) is 20.8. The molecule has 1 aliphatic heterocycles. The largest absolute Gasteiger partial charge is 0.497 e. The van der Waals surface area contributed by atoms with Gasteiger partial charge in [0.2, 0.25) is 0 Å². The van der Waals surface area contributed by atoms with Gasteiger partial charge in [0.25, 0.3) is 17.2 Å². The Balaban J connectivity index is 1.39. The van der Waals surface area contributed by atoms with E-state index in [4.69, 9.17) is 25.3 Å². The summed E-state index contributed by atoms with van der Waals surface area (Å²) in [4.78, 5) is 13.1. The van der Waals surface area contributed by atoms with Crippen LogP contribution in [0.25, 0.3) is 22.3 Å². The van der Waals surface area contributed by atoms with Gasteiger partial charge in [0.05, 0.1) is 29.0 Å². The third-order valence-electron chi connectivity index (χ3n) is 8.77. The minimum absolute atomic E-state index is 0.0536. The Hall–Kier alpha value is -3.22. The van der Waals surface area contributed by atoms with Crippen molar-refractivity contribution in [2.45, 2.75) is 64.2 Å². The van der Waals surface area contributed by atoms with Crippen molar-refractivity contribution in [3.63, 3.8) is 0 Å². The standard InChI is InChI=1S/C32H33BClFN2O6S/c1-31(2)32(3,4)43-33(42-31)24-13-6-18(14-25(24)35)17-37(44(39)40)26-16-27-23(15-22(26)19-7-8-19)28(30(38)36-5)29(41-27)20-9-11-21(34)12-10-20/h6,9-16,19H,7-8,17H2,1-5H3,(H,36,38)(H,39,40). The summed E-state index contributed by atoms with van der Waals surface area (Å²) >= 11 is 3.64. The summed E-state index contributed by atoms with van der Waals surface area (Å²) < 4.78 is 58.3. The second kappa shape index (κ2) is 11.3. The van der Waals surface area contributed by atoms with E-state index in [0.29, 0.717) is 44.1 Å². The second-order valence-electron chi connectivity index (χ2n) is 12.3. The van der Waals surface area contributed by atoms with Crippen LogP contribution in [0.3, 0.4) is 0 Å². The fourth-order valence-corrected chi connectivity index (χ4v) is 6.17. The Morgan fingerprint density at radius 1 is 1.09 bits per heavy atom. The lowest BCUT2D eigenvalue weighted by Gasteiger charge is -2.32. The highest BCUT2D eigenvalue weighted by molar-refractivity contribution is 7.80. The fraction of sp³-hybridized carbons (Fsp3) is 0.344. The Morgan fingerprint density at radius 2 is 1.75 bits per heavy atom. The van der Waals surface area contributed by atoms with Crippen LogP contribution in [0.15, 0.2) is 59.0 Å². The number of carbonyl (C=O) groups excluding carboxylic acids is 1. The number of fused-ring (bicyclic) bond motifs is 1. The number of hydrogen-bond acceptors (Lipinski definition) is 5. The first-order valence-corrected chi connectivity index (χ1v) is 15.8. The molecule has 0 radical (unpaired) electrons. The predicted molar refractivity (Wildman–Crippen MR) is 171 cm³/mol. The number of carbonyl (C=O) groups is 1. The third kappa shape index (κ3) is 5.56. The minimum Gasteiger partial charge on any atom is -0.455 e. The molecule has 1 amide bonds. The topological polar surface area (TPSA) is 101 Å². The third-order valence-corrected chi connectivity index (χ3v) is 9.73. The average molecular weight is 639 g/mol. The number of anilines is 1. The highest BCUT2D eigenvalue weighted by Crippen LogP contribution is 2.48. The van der Waals surface area contributed by atoms with E-state index in [2.05, 4.69) is 5.32 Å². The summed E-state index contributed by atoms with van der Waals surface area (Å²) in [6.45, 7) is 7.55. The van der Waals surface area contributed by atoms with Crippen LogP contribution >= 0.6 is 11.6 Å². The Bertz CT molecular complexity index is 1770.